The van der Waals surface area contributed by atoms with Crippen LogP contribution in [-0.2, 0) is 4.79 Å². The number of hydrogen-bond donors (Lipinski definition) is 1. The van der Waals surface area contributed by atoms with Crippen molar-refractivity contribution in [1.29, 1.82) is 0 Å². The number of benzene rings is 2. The van der Waals surface area contributed by atoms with Gasteiger partial charge in [0.15, 0.2) is 5.76 Å². The van der Waals surface area contributed by atoms with Gasteiger partial charge in [0, 0.05) is 16.3 Å². The van der Waals surface area contributed by atoms with Gasteiger partial charge in [0.25, 0.3) is 5.22 Å². The predicted octanol–water partition coefficient (Wildman–Crippen LogP) is 5.17. The van der Waals surface area contributed by atoms with Gasteiger partial charge in [-0.05, 0) is 42.8 Å². The zero-order chi connectivity index (χ0) is 17.8. The fourth-order valence-electron chi connectivity index (χ4n) is 2.15. The van der Waals surface area contributed by atoms with Crippen molar-refractivity contribution in [3.63, 3.8) is 0 Å². The normalized spacial score (nSPS) is 10.7. The van der Waals surface area contributed by atoms with E-state index in [-0.39, 0.29) is 17.5 Å². The fourth-order valence-corrected chi connectivity index (χ4v) is 2.94. The zero-order valence-electron chi connectivity index (χ0n) is 13.3. The first kappa shape index (κ1) is 17.5. The smallest absolute Gasteiger partial charge is 0.256 e. The Morgan fingerprint density at radius 2 is 2.16 bits per heavy atom. The molecule has 0 atom stereocenters. The van der Waals surface area contributed by atoms with E-state index in [1.807, 2.05) is 12.1 Å². The Bertz CT molecular complexity index is 914. The summed E-state index contributed by atoms with van der Waals surface area (Å²) < 4.78 is 18.9. The summed E-state index contributed by atoms with van der Waals surface area (Å²) in [5, 5.41) is 3.71. The molecule has 3 aromatic rings. The van der Waals surface area contributed by atoms with Crippen LogP contribution in [-0.4, -0.2) is 16.6 Å². The van der Waals surface area contributed by atoms with Crippen LogP contribution in [0.2, 0.25) is 5.02 Å². The minimum atomic E-state index is -0.305. The number of nitrogens with zero attached hydrogens (tertiary/aromatic N) is 1. The maximum Gasteiger partial charge on any atom is 0.256 e. The molecule has 0 bridgehead atoms. The highest BCUT2D eigenvalue weighted by Gasteiger charge is 2.10. The second kappa shape index (κ2) is 7.72. The molecule has 4 nitrogen and oxygen atoms in total. The molecule has 2 aromatic carbocycles. The van der Waals surface area contributed by atoms with Crippen LogP contribution < -0.4 is 5.32 Å². The van der Waals surface area contributed by atoms with Gasteiger partial charge in [-0.2, -0.15) is 0 Å². The molecule has 0 aliphatic carbocycles. The monoisotopic (exact) mass is 376 g/mol. The number of aryl methyl sites for hydroxylation is 1. The molecule has 0 radical (unpaired) electrons. The Morgan fingerprint density at radius 3 is 2.92 bits per heavy atom. The molecule has 7 heteroatoms. The van der Waals surface area contributed by atoms with E-state index < -0.39 is 0 Å². The number of anilines is 1. The molecule has 0 spiro atoms. The maximum absolute atomic E-state index is 13.2. The lowest BCUT2D eigenvalue weighted by atomic mass is 10.2. The molecule has 3 rings (SSSR count). The minimum absolute atomic E-state index is 0.131. The summed E-state index contributed by atoms with van der Waals surface area (Å²) in [6, 6.07) is 11.7. The first-order valence-corrected chi connectivity index (χ1v) is 8.78. The first-order valence-electron chi connectivity index (χ1n) is 7.42. The number of thioether (sulfide) groups is 1. The second-order valence-corrected chi connectivity index (χ2v) is 6.66. The maximum atomic E-state index is 13.2. The molecule has 1 amide bonds. The Balaban J connectivity index is 1.58. The highest BCUT2D eigenvalue weighted by Crippen LogP contribution is 2.27. The number of rotatable bonds is 5. The quantitative estimate of drug-likeness (QED) is 0.624. The molecule has 1 heterocycles. The van der Waals surface area contributed by atoms with Crippen molar-refractivity contribution >= 4 is 35.0 Å². The standard InChI is InChI=1S/C18H14ClFN2O2S/c1-11-7-14(5-6-15(11)20)22-17(23)10-25-18-21-9-16(24-18)12-3-2-4-13(19)8-12/h2-9H,10H2,1H3,(H,22,23). The van der Waals surface area contributed by atoms with Crippen molar-refractivity contribution in [3.8, 4) is 11.3 Å². The van der Waals surface area contributed by atoms with Crippen molar-refractivity contribution in [2.24, 2.45) is 0 Å². The molecule has 1 aromatic heterocycles. The van der Waals surface area contributed by atoms with Crippen LogP contribution in [0.4, 0.5) is 10.1 Å². The van der Waals surface area contributed by atoms with Crippen LogP contribution in [0.5, 0.6) is 0 Å². The number of oxazole rings is 1. The van der Waals surface area contributed by atoms with E-state index in [1.54, 1.807) is 31.3 Å². The molecule has 1 N–H and O–H groups in total. The van der Waals surface area contributed by atoms with Crippen molar-refractivity contribution in [1.82, 2.24) is 4.98 Å². The summed E-state index contributed by atoms with van der Waals surface area (Å²) in [5.41, 5.74) is 1.85. The van der Waals surface area contributed by atoms with E-state index in [9.17, 15) is 9.18 Å². The largest absolute Gasteiger partial charge is 0.431 e. The average molecular weight is 377 g/mol. The molecule has 0 saturated carbocycles. The topological polar surface area (TPSA) is 55.1 Å². The summed E-state index contributed by atoms with van der Waals surface area (Å²) >= 11 is 7.14. The van der Waals surface area contributed by atoms with Crippen LogP contribution in [0, 0.1) is 12.7 Å². The molecular formula is C18H14ClFN2O2S. The lowest BCUT2D eigenvalue weighted by Gasteiger charge is -2.05. The molecule has 0 saturated heterocycles. The third-order valence-electron chi connectivity index (χ3n) is 3.36. The predicted molar refractivity (Wildman–Crippen MR) is 97.4 cm³/mol. The van der Waals surface area contributed by atoms with E-state index in [4.69, 9.17) is 16.0 Å². The third-order valence-corrected chi connectivity index (χ3v) is 4.44. The second-order valence-electron chi connectivity index (χ2n) is 5.30. The third kappa shape index (κ3) is 4.61. The molecule has 0 aliphatic heterocycles. The van der Waals surface area contributed by atoms with Crippen LogP contribution in [0.1, 0.15) is 5.56 Å². The first-order chi connectivity index (χ1) is 12.0. The molecule has 128 valence electrons. The summed E-state index contributed by atoms with van der Waals surface area (Å²) in [5.74, 6) is 0.185. The number of nitrogens with one attached hydrogen (secondary N) is 1. The van der Waals surface area contributed by atoms with Gasteiger partial charge < -0.3 is 9.73 Å². The van der Waals surface area contributed by atoms with Gasteiger partial charge in [-0.3, -0.25) is 4.79 Å². The van der Waals surface area contributed by atoms with Crippen molar-refractivity contribution in [3.05, 3.63) is 65.1 Å². The highest BCUT2D eigenvalue weighted by molar-refractivity contribution is 7.99. The lowest BCUT2D eigenvalue weighted by molar-refractivity contribution is -0.113. The van der Waals surface area contributed by atoms with Gasteiger partial charge in [-0.15, -0.1) is 0 Å². The number of aromatic nitrogens is 1. The van der Waals surface area contributed by atoms with Gasteiger partial charge in [-0.1, -0.05) is 35.5 Å². The van der Waals surface area contributed by atoms with Crippen LogP contribution in [0.15, 0.2) is 58.3 Å². The van der Waals surface area contributed by atoms with Crippen LogP contribution >= 0.6 is 23.4 Å². The Morgan fingerprint density at radius 1 is 1.32 bits per heavy atom. The molecular weight excluding hydrogens is 363 g/mol. The summed E-state index contributed by atoms with van der Waals surface area (Å²) in [4.78, 5) is 16.1. The molecule has 0 aliphatic rings. The number of amides is 1. The lowest BCUT2D eigenvalue weighted by Crippen LogP contribution is -2.14. The van der Waals surface area contributed by atoms with Gasteiger partial charge in [-0.25, -0.2) is 9.37 Å². The zero-order valence-corrected chi connectivity index (χ0v) is 14.8. The highest BCUT2D eigenvalue weighted by atomic mass is 35.5. The summed E-state index contributed by atoms with van der Waals surface area (Å²) in [6.07, 6.45) is 1.59. The van der Waals surface area contributed by atoms with E-state index in [0.29, 0.717) is 27.3 Å². The number of carbonyl (C=O) groups is 1. The number of hydrogen-bond acceptors (Lipinski definition) is 4. The van der Waals surface area contributed by atoms with Crippen molar-refractivity contribution in [2.45, 2.75) is 12.1 Å². The van der Waals surface area contributed by atoms with Crippen LogP contribution in [0.3, 0.4) is 0 Å². The minimum Gasteiger partial charge on any atom is -0.431 e. The van der Waals surface area contributed by atoms with E-state index in [1.165, 1.54) is 23.9 Å². The fraction of sp³-hybridized carbons (Fsp3) is 0.111. The van der Waals surface area contributed by atoms with Gasteiger partial charge >= 0.3 is 0 Å². The average Bonchev–Trinajstić information content (AvgIpc) is 3.05. The Kier molecular flexibility index (Phi) is 5.40. The SMILES string of the molecule is Cc1cc(NC(=O)CSc2ncc(-c3cccc(Cl)c3)o2)ccc1F. The Hall–Kier alpha value is -2.31. The molecule has 25 heavy (non-hydrogen) atoms. The summed E-state index contributed by atoms with van der Waals surface area (Å²) in [6.45, 7) is 1.64. The van der Waals surface area contributed by atoms with Gasteiger partial charge in [0.2, 0.25) is 5.91 Å². The van der Waals surface area contributed by atoms with E-state index in [2.05, 4.69) is 10.3 Å². The van der Waals surface area contributed by atoms with Crippen LogP contribution in [0.25, 0.3) is 11.3 Å². The summed E-state index contributed by atoms with van der Waals surface area (Å²) in [7, 11) is 0. The van der Waals surface area contributed by atoms with Gasteiger partial charge in [0.05, 0.1) is 11.9 Å². The van der Waals surface area contributed by atoms with E-state index in [0.717, 1.165) is 5.56 Å². The molecule has 0 unspecified atom stereocenters. The van der Waals surface area contributed by atoms with Gasteiger partial charge in [0.1, 0.15) is 5.82 Å². The Labute approximate surface area is 153 Å². The van der Waals surface area contributed by atoms with Crippen molar-refractivity contribution in [2.75, 3.05) is 11.1 Å². The van der Waals surface area contributed by atoms with E-state index >= 15 is 0 Å². The van der Waals surface area contributed by atoms with Crippen molar-refractivity contribution < 1.29 is 13.6 Å². The molecule has 0 fully saturated rings. The number of halogens is 2. The number of carbonyl (C=O) groups excluding carboxylic acids is 1.